The number of benzene rings is 2. The third-order valence-corrected chi connectivity index (χ3v) is 10.2. The molecule has 2 aromatic rings. The molecule has 1 aliphatic rings. The van der Waals surface area contributed by atoms with Crippen LogP contribution in [0.25, 0.3) is 11.1 Å². The third kappa shape index (κ3) is 5.51. The maximum absolute atomic E-state index is 12.5. The molecule has 0 amide bonds. The lowest BCUT2D eigenvalue weighted by molar-refractivity contribution is -0.118. The molecule has 33 heavy (non-hydrogen) atoms. The van der Waals surface area contributed by atoms with Crippen LogP contribution in [-0.2, 0) is 4.79 Å². The van der Waals surface area contributed by atoms with Gasteiger partial charge in [-0.25, -0.2) is 0 Å². The molecule has 1 nitrogen and oxygen atoms in total. The van der Waals surface area contributed by atoms with Gasteiger partial charge in [-0.3, -0.25) is 4.79 Å². The molecule has 1 heterocycles. The quantitative estimate of drug-likeness (QED) is 0.405. The second kappa shape index (κ2) is 10.3. The van der Waals surface area contributed by atoms with Gasteiger partial charge in [0, 0.05) is 12.8 Å². The van der Waals surface area contributed by atoms with E-state index in [1.54, 1.807) is 0 Å². The summed E-state index contributed by atoms with van der Waals surface area (Å²) in [4.78, 5) is 12.5. The fourth-order valence-corrected chi connectivity index (χ4v) is 8.52. The summed E-state index contributed by atoms with van der Waals surface area (Å²) in [7, 11) is -0.685. The highest BCUT2D eigenvalue weighted by Crippen LogP contribution is 2.60. The van der Waals surface area contributed by atoms with E-state index in [0.717, 1.165) is 18.2 Å². The van der Waals surface area contributed by atoms with Crippen LogP contribution in [-0.4, -0.2) is 10.9 Å². The number of Topliss-reactive ketones (excluding diaryl/α,β-unsaturated/α-hetero) is 1. The third-order valence-electron chi connectivity index (χ3n) is 7.11. The summed E-state index contributed by atoms with van der Waals surface area (Å²) in [6.45, 7) is 23.2. The lowest BCUT2D eigenvalue weighted by Gasteiger charge is -2.39. The Labute approximate surface area is 203 Å². The Morgan fingerprint density at radius 2 is 1.48 bits per heavy atom. The van der Waals surface area contributed by atoms with Crippen molar-refractivity contribution in [2.45, 2.75) is 104 Å². The molecule has 1 aliphatic heterocycles. The summed E-state index contributed by atoms with van der Waals surface area (Å²) in [6, 6.07) is 13.9. The van der Waals surface area contributed by atoms with E-state index < -0.39 is 7.92 Å². The Morgan fingerprint density at radius 1 is 0.909 bits per heavy atom. The summed E-state index contributed by atoms with van der Waals surface area (Å²) in [6.07, 6.45) is 3.28. The fourth-order valence-electron chi connectivity index (χ4n) is 5.30. The molecule has 1 saturated heterocycles. The first-order valence-electron chi connectivity index (χ1n) is 12.7. The van der Waals surface area contributed by atoms with Gasteiger partial charge in [-0.15, -0.1) is 0 Å². The van der Waals surface area contributed by atoms with Crippen molar-refractivity contribution in [1.82, 2.24) is 0 Å². The van der Waals surface area contributed by atoms with E-state index in [4.69, 9.17) is 0 Å². The second-order valence-corrected chi connectivity index (χ2v) is 14.3. The highest BCUT2D eigenvalue weighted by Gasteiger charge is 2.36. The van der Waals surface area contributed by atoms with Crippen LogP contribution in [0.5, 0.6) is 0 Å². The molecule has 1 fully saturated rings. The van der Waals surface area contributed by atoms with Crippen LogP contribution >= 0.6 is 7.92 Å². The monoisotopic (exact) mass is 462 g/mol. The number of allylic oxidation sites excluding steroid dienone is 1. The Morgan fingerprint density at radius 3 is 2.03 bits per heavy atom. The minimum atomic E-state index is -0.685. The number of hydrogen-bond acceptors (Lipinski definition) is 1. The summed E-state index contributed by atoms with van der Waals surface area (Å²) in [5.74, 6) is 1.73. The lowest BCUT2D eigenvalue weighted by Crippen LogP contribution is -2.28. The Kier molecular flexibility index (Phi) is 8.06. The van der Waals surface area contributed by atoms with Crippen LogP contribution in [0.2, 0.25) is 0 Å². The van der Waals surface area contributed by atoms with E-state index in [9.17, 15) is 4.79 Å². The second-order valence-electron chi connectivity index (χ2n) is 11.3. The molecule has 178 valence electrons. The first-order chi connectivity index (χ1) is 15.4. The molecule has 0 radical (unpaired) electrons. The standard InChI is InChI=1S/C31H43OP/c1-20(2)24-18-27(21(3)4)30(28(19-24)22(5)6)26-14-10-11-15-29(26)33-23(7)17-25(32)13-12-16-31(33,8)9/h10-11,14-15,18-22H,7,12-13,16-17H2,1-6,8-9H3. The molecular weight excluding hydrogens is 419 g/mol. The zero-order valence-electron chi connectivity index (χ0n) is 22.1. The molecule has 0 spiro atoms. The Hall–Kier alpha value is -1.72. The molecule has 2 heteroatoms. The van der Waals surface area contributed by atoms with Crippen molar-refractivity contribution < 1.29 is 4.79 Å². The number of hydrogen-bond donors (Lipinski definition) is 0. The maximum atomic E-state index is 12.5. The van der Waals surface area contributed by atoms with Gasteiger partial charge in [-0.05, 0) is 82.1 Å². The molecule has 0 bridgehead atoms. The average molecular weight is 463 g/mol. The number of carbonyl (C=O) groups excluding carboxylic acids is 1. The molecule has 1 atom stereocenters. The van der Waals surface area contributed by atoms with E-state index in [1.165, 1.54) is 33.1 Å². The normalized spacial score (nSPS) is 19.3. The van der Waals surface area contributed by atoms with Crippen molar-refractivity contribution in [2.24, 2.45) is 0 Å². The summed E-state index contributed by atoms with van der Waals surface area (Å²) >= 11 is 0. The van der Waals surface area contributed by atoms with Crippen LogP contribution in [0.4, 0.5) is 0 Å². The minimum Gasteiger partial charge on any atom is -0.299 e. The van der Waals surface area contributed by atoms with E-state index in [2.05, 4.69) is 98.4 Å². The van der Waals surface area contributed by atoms with Gasteiger partial charge in [0.15, 0.2) is 0 Å². The summed E-state index contributed by atoms with van der Waals surface area (Å²) in [5.41, 5.74) is 7.08. The van der Waals surface area contributed by atoms with Crippen molar-refractivity contribution >= 4 is 19.0 Å². The predicted molar refractivity (Wildman–Crippen MR) is 147 cm³/mol. The van der Waals surface area contributed by atoms with Crippen LogP contribution in [0.3, 0.4) is 0 Å². The number of rotatable bonds is 5. The van der Waals surface area contributed by atoms with Crippen molar-refractivity contribution in [3.63, 3.8) is 0 Å². The SMILES string of the molecule is C=C1CC(=O)CCCC(C)(C)P1c1ccccc1-c1c(C(C)C)cc(C(C)C)cc1C(C)C. The molecule has 3 rings (SSSR count). The van der Waals surface area contributed by atoms with Crippen molar-refractivity contribution in [1.29, 1.82) is 0 Å². The Balaban J connectivity index is 2.33. The molecule has 0 aliphatic carbocycles. The fraction of sp³-hybridized carbons (Fsp3) is 0.516. The number of carbonyl (C=O) groups is 1. The van der Waals surface area contributed by atoms with Gasteiger partial charge in [-0.1, -0.05) is 98.4 Å². The van der Waals surface area contributed by atoms with Gasteiger partial charge >= 0.3 is 0 Å². The molecule has 2 aromatic carbocycles. The van der Waals surface area contributed by atoms with E-state index in [0.29, 0.717) is 36.4 Å². The lowest BCUT2D eigenvalue weighted by atomic mass is 9.82. The summed E-state index contributed by atoms with van der Waals surface area (Å²) < 4.78 is 0. The largest absolute Gasteiger partial charge is 0.299 e. The zero-order chi connectivity index (χ0) is 24.5. The molecule has 0 aromatic heterocycles. The van der Waals surface area contributed by atoms with Crippen molar-refractivity contribution in [2.75, 3.05) is 0 Å². The van der Waals surface area contributed by atoms with Gasteiger partial charge in [-0.2, -0.15) is 0 Å². The van der Waals surface area contributed by atoms with Crippen LogP contribution in [0.15, 0.2) is 48.3 Å². The van der Waals surface area contributed by atoms with Crippen molar-refractivity contribution in [3.05, 3.63) is 65.0 Å². The van der Waals surface area contributed by atoms with Crippen molar-refractivity contribution in [3.8, 4) is 11.1 Å². The van der Waals surface area contributed by atoms with Gasteiger partial charge in [0.25, 0.3) is 0 Å². The van der Waals surface area contributed by atoms with Crippen LogP contribution in [0.1, 0.15) is 116 Å². The maximum Gasteiger partial charge on any atom is 0.137 e. The van der Waals surface area contributed by atoms with Gasteiger partial charge in [0.05, 0.1) is 0 Å². The van der Waals surface area contributed by atoms with E-state index >= 15 is 0 Å². The van der Waals surface area contributed by atoms with E-state index in [-0.39, 0.29) is 5.16 Å². The summed E-state index contributed by atoms with van der Waals surface area (Å²) in [5, 5.41) is 2.67. The molecule has 0 saturated carbocycles. The van der Waals surface area contributed by atoms with Crippen LogP contribution in [0, 0.1) is 0 Å². The highest BCUT2D eigenvalue weighted by molar-refractivity contribution is 7.71. The molecule has 1 unspecified atom stereocenters. The highest BCUT2D eigenvalue weighted by atomic mass is 31.1. The first kappa shape index (κ1) is 25.9. The molecule has 0 N–H and O–H groups in total. The van der Waals surface area contributed by atoms with Gasteiger partial charge in [0.2, 0.25) is 0 Å². The smallest absolute Gasteiger partial charge is 0.137 e. The topological polar surface area (TPSA) is 17.1 Å². The molecular formula is C31H43OP. The Bertz CT molecular complexity index is 996. The average Bonchev–Trinajstić information content (AvgIpc) is 2.72. The van der Waals surface area contributed by atoms with Gasteiger partial charge in [0.1, 0.15) is 5.78 Å². The zero-order valence-corrected chi connectivity index (χ0v) is 23.0. The predicted octanol–water partition coefficient (Wildman–Crippen LogP) is 9.27. The minimum absolute atomic E-state index is 0.122. The van der Waals surface area contributed by atoms with Gasteiger partial charge < -0.3 is 0 Å². The number of ketones is 1. The van der Waals surface area contributed by atoms with Crippen LogP contribution < -0.4 is 5.30 Å². The first-order valence-corrected chi connectivity index (χ1v) is 14.0. The van der Waals surface area contributed by atoms with E-state index in [1.807, 2.05) is 0 Å².